The van der Waals surface area contributed by atoms with Crippen molar-refractivity contribution >= 4 is 0 Å². The van der Waals surface area contributed by atoms with E-state index >= 15 is 0 Å². The molecule has 0 saturated heterocycles. The van der Waals surface area contributed by atoms with Crippen molar-refractivity contribution in [2.75, 3.05) is 0 Å². The summed E-state index contributed by atoms with van der Waals surface area (Å²) in [4.78, 5) is 0. The maximum absolute atomic E-state index is 3.58. The van der Waals surface area contributed by atoms with Gasteiger partial charge in [0.25, 0.3) is 0 Å². The quantitative estimate of drug-likeness (QED) is 0.848. The normalized spacial score (nSPS) is 12.4. The fourth-order valence-corrected chi connectivity index (χ4v) is 2.13. The second kappa shape index (κ2) is 6.03. The number of rotatable bonds is 4. The summed E-state index contributed by atoms with van der Waals surface area (Å²) in [5.74, 6) is 0. The van der Waals surface area contributed by atoms with Crippen LogP contribution in [-0.2, 0) is 6.54 Å². The van der Waals surface area contributed by atoms with Crippen LogP contribution in [0.3, 0.4) is 0 Å². The Balaban J connectivity index is 1.98. The van der Waals surface area contributed by atoms with Gasteiger partial charge in [-0.05, 0) is 49.9 Å². The van der Waals surface area contributed by atoms with E-state index in [2.05, 4.69) is 75.5 Å². The molecule has 1 heteroatoms. The molecule has 1 unspecified atom stereocenters. The summed E-state index contributed by atoms with van der Waals surface area (Å²) in [6, 6.07) is 15.8. The molecule has 1 N–H and O–H groups in total. The fourth-order valence-electron chi connectivity index (χ4n) is 2.13. The van der Waals surface area contributed by atoms with E-state index in [-0.39, 0.29) is 0 Å². The first-order valence-corrected chi connectivity index (χ1v) is 6.92. The predicted molar refractivity (Wildman–Crippen MR) is 82.3 cm³/mol. The van der Waals surface area contributed by atoms with Crippen LogP contribution in [0.15, 0.2) is 42.5 Å². The Kier molecular flexibility index (Phi) is 4.39. The molecular formula is C18H23N. The van der Waals surface area contributed by atoms with Gasteiger partial charge in [0, 0.05) is 12.6 Å². The first kappa shape index (κ1) is 13.8. The highest BCUT2D eigenvalue weighted by atomic mass is 14.9. The first-order chi connectivity index (χ1) is 9.06. The zero-order chi connectivity index (χ0) is 13.8. The van der Waals surface area contributed by atoms with Gasteiger partial charge in [-0.15, -0.1) is 0 Å². The molecule has 0 aromatic heterocycles. The zero-order valence-corrected chi connectivity index (χ0v) is 12.3. The molecule has 19 heavy (non-hydrogen) atoms. The van der Waals surface area contributed by atoms with Crippen molar-refractivity contribution in [2.45, 2.75) is 40.3 Å². The van der Waals surface area contributed by atoms with Crippen LogP contribution in [0.25, 0.3) is 0 Å². The van der Waals surface area contributed by atoms with E-state index in [1.807, 2.05) is 0 Å². The lowest BCUT2D eigenvalue weighted by Crippen LogP contribution is -2.18. The summed E-state index contributed by atoms with van der Waals surface area (Å²) < 4.78 is 0. The Morgan fingerprint density at radius 1 is 0.895 bits per heavy atom. The van der Waals surface area contributed by atoms with Gasteiger partial charge in [0.1, 0.15) is 0 Å². The Labute approximate surface area is 116 Å². The van der Waals surface area contributed by atoms with E-state index in [1.54, 1.807) is 0 Å². The van der Waals surface area contributed by atoms with Gasteiger partial charge in [-0.3, -0.25) is 0 Å². The van der Waals surface area contributed by atoms with Crippen LogP contribution in [0.4, 0.5) is 0 Å². The van der Waals surface area contributed by atoms with Crippen molar-refractivity contribution in [3.05, 3.63) is 70.3 Å². The molecule has 1 atom stereocenters. The van der Waals surface area contributed by atoms with E-state index in [9.17, 15) is 0 Å². The molecule has 0 amide bonds. The van der Waals surface area contributed by atoms with Gasteiger partial charge in [0.15, 0.2) is 0 Å². The molecule has 0 aliphatic heterocycles. The largest absolute Gasteiger partial charge is 0.306 e. The lowest BCUT2D eigenvalue weighted by molar-refractivity contribution is 0.574. The second-order valence-electron chi connectivity index (χ2n) is 5.43. The lowest BCUT2D eigenvalue weighted by Gasteiger charge is -2.16. The minimum absolute atomic E-state index is 0.376. The van der Waals surface area contributed by atoms with E-state index in [0.29, 0.717) is 6.04 Å². The van der Waals surface area contributed by atoms with Crippen molar-refractivity contribution in [3.8, 4) is 0 Å². The lowest BCUT2D eigenvalue weighted by atomic mass is 10.0. The smallest absolute Gasteiger partial charge is 0.0295 e. The summed E-state index contributed by atoms with van der Waals surface area (Å²) in [5, 5.41) is 3.58. The highest BCUT2D eigenvalue weighted by Gasteiger charge is 2.05. The van der Waals surface area contributed by atoms with Crippen LogP contribution >= 0.6 is 0 Å². The summed E-state index contributed by atoms with van der Waals surface area (Å²) in [5.41, 5.74) is 6.72. The number of nitrogens with one attached hydrogen (secondary N) is 1. The highest BCUT2D eigenvalue weighted by molar-refractivity contribution is 5.31. The number of hydrogen-bond donors (Lipinski definition) is 1. The minimum atomic E-state index is 0.376. The third-order valence-corrected chi connectivity index (χ3v) is 3.76. The molecule has 0 spiro atoms. The van der Waals surface area contributed by atoms with Crippen LogP contribution in [-0.4, -0.2) is 0 Å². The van der Waals surface area contributed by atoms with Crippen molar-refractivity contribution in [1.29, 1.82) is 0 Å². The van der Waals surface area contributed by atoms with Gasteiger partial charge in [-0.25, -0.2) is 0 Å². The van der Waals surface area contributed by atoms with Crippen molar-refractivity contribution in [3.63, 3.8) is 0 Å². The molecular weight excluding hydrogens is 230 g/mol. The Morgan fingerprint density at radius 3 is 2.21 bits per heavy atom. The molecule has 100 valence electrons. The number of hydrogen-bond acceptors (Lipinski definition) is 1. The third kappa shape index (κ3) is 3.68. The molecule has 0 saturated carbocycles. The molecule has 0 bridgehead atoms. The van der Waals surface area contributed by atoms with Crippen molar-refractivity contribution < 1.29 is 0 Å². The Bertz CT molecular complexity index is 540. The second-order valence-corrected chi connectivity index (χ2v) is 5.43. The maximum atomic E-state index is 3.58. The first-order valence-electron chi connectivity index (χ1n) is 6.92. The molecule has 0 radical (unpaired) electrons. The maximum Gasteiger partial charge on any atom is 0.0295 e. The molecule has 2 rings (SSSR count). The fraction of sp³-hybridized carbons (Fsp3) is 0.333. The third-order valence-electron chi connectivity index (χ3n) is 3.76. The number of benzene rings is 2. The predicted octanol–water partition coefficient (Wildman–Crippen LogP) is 4.46. The van der Waals surface area contributed by atoms with Crippen LogP contribution < -0.4 is 5.32 Å². The van der Waals surface area contributed by atoms with Crippen molar-refractivity contribution in [2.24, 2.45) is 0 Å². The van der Waals surface area contributed by atoms with E-state index in [0.717, 1.165) is 6.54 Å². The molecule has 1 nitrogen and oxygen atoms in total. The number of aryl methyl sites for hydroxylation is 3. The van der Waals surface area contributed by atoms with Crippen LogP contribution in [0.5, 0.6) is 0 Å². The van der Waals surface area contributed by atoms with E-state index in [1.165, 1.54) is 27.8 Å². The van der Waals surface area contributed by atoms with Gasteiger partial charge >= 0.3 is 0 Å². The SMILES string of the molecule is Cc1ccc(CNC(C)c2ccc(C)c(C)c2)cc1. The zero-order valence-electron chi connectivity index (χ0n) is 12.3. The van der Waals surface area contributed by atoms with Gasteiger partial charge in [0.05, 0.1) is 0 Å². The molecule has 0 heterocycles. The van der Waals surface area contributed by atoms with Crippen LogP contribution in [0.2, 0.25) is 0 Å². The van der Waals surface area contributed by atoms with Crippen LogP contribution in [0, 0.1) is 20.8 Å². The van der Waals surface area contributed by atoms with E-state index < -0.39 is 0 Å². The minimum Gasteiger partial charge on any atom is -0.306 e. The summed E-state index contributed by atoms with van der Waals surface area (Å²) in [6.07, 6.45) is 0. The monoisotopic (exact) mass is 253 g/mol. The van der Waals surface area contributed by atoms with Gasteiger partial charge in [-0.2, -0.15) is 0 Å². The van der Waals surface area contributed by atoms with Crippen LogP contribution in [0.1, 0.15) is 40.8 Å². The topological polar surface area (TPSA) is 12.0 Å². The average Bonchev–Trinajstić information content (AvgIpc) is 2.41. The Hall–Kier alpha value is -1.60. The standard InChI is InChI=1S/C18H23N/c1-13-5-8-17(9-6-13)12-19-16(4)18-10-7-14(2)15(3)11-18/h5-11,16,19H,12H2,1-4H3. The molecule has 0 fully saturated rings. The Morgan fingerprint density at radius 2 is 1.58 bits per heavy atom. The molecule has 0 aliphatic carbocycles. The molecule has 2 aromatic rings. The van der Waals surface area contributed by atoms with E-state index in [4.69, 9.17) is 0 Å². The highest BCUT2D eigenvalue weighted by Crippen LogP contribution is 2.17. The summed E-state index contributed by atoms with van der Waals surface area (Å²) >= 11 is 0. The van der Waals surface area contributed by atoms with Gasteiger partial charge in [0.2, 0.25) is 0 Å². The van der Waals surface area contributed by atoms with Gasteiger partial charge < -0.3 is 5.32 Å². The summed E-state index contributed by atoms with van der Waals surface area (Å²) in [7, 11) is 0. The average molecular weight is 253 g/mol. The molecule has 0 aliphatic rings. The summed E-state index contributed by atoms with van der Waals surface area (Å²) in [6.45, 7) is 9.58. The molecule has 2 aromatic carbocycles. The van der Waals surface area contributed by atoms with Crippen molar-refractivity contribution in [1.82, 2.24) is 5.32 Å². The van der Waals surface area contributed by atoms with Gasteiger partial charge in [-0.1, -0.05) is 48.0 Å².